The maximum Gasteiger partial charge on any atom is 0.183 e. The number of rotatable bonds is 5. The molecule has 0 amide bonds. The molecule has 0 saturated heterocycles. The lowest BCUT2D eigenvalue weighted by Gasteiger charge is -2.05. The fourth-order valence-electron chi connectivity index (χ4n) is 1.76. The molecule has 96 valence electrons. The molecular weight excluding hydrogens is 240 g/mol. The zero-order valence-electron chi connectivity index (χ0n) is 11.2. The Balaban J connectivity index is 2.13. The second kappa shape index (κ2) is 6.01. The predicted octanol–water partition coefficient (Wildman–Crippen LogP) is 4.76. The third kappa shape index (κ3) is 3.10. The second-order valence-corrected chi connectivity index (χ2v) is 5.60. The monoisotopic (exact) mass is 260 g/mol. The van der Waals surface area contributed by atoms with E-state index in [0.717, 1.165) is 23.8 Å². The number of anilines is 1. The van der Waals surface area contributed by atoms with Gasteiger partial charge in [0.1, 0.15) is 0 Å². The van der Waals surface area contributed by atoms with Crippen molar-refractivity contribution in [1.82, 2.24) is 4.98 Å². The molecule has 0 fully saturated rings. The third-order valence-electron chi connectivity index (χ3n) is 2.90. The first-order valence-corrected chi connectivity index (χ1v) is 7.38. The van der Waals surface area contributed by atoms with Crippen LogP contribution in [0.2, 0.25) is 0 Å². The molecule has 1 N–H and O–H groups in total. The predicted molar refractivity (Wildman–Crippen MR) is 80.4 cm³/mol. The van der Waals surface area contributed by atoms with Gasteiger partial charge in [-0.05, 0) is 17.9 Å². The summed E-state index contributed by atoms with van der Waals surface area (Å²) >= 11 is 1.67. The van der Waals surface area contributed by atoms with E-state index < -0.39 is 0 Å². The maximum atomic E-state index is 4.60. The van der Waals surface area contributed by atoms with Gasteiger partial charge in [0.15, 0.2) is 5.13 Å². The van der Waals surface area contributed by atoms with Crippen LogP contribution in [-0.2, 0) is 0 Å². The fraction of sp³-hybridized carbons (Fsp3) is 0.400. The number of hydrogen-bond acceptors (Lipinski definition) is 3. The highest BCUT2D eigenvalue weighted by Crippen LogP contribution is 2.26. The van der Waals surface area contributed by atoms with E-state index in [1.165, 1.54) is 11.1 Å². The van der Waals surface area contributed by atoms with E-state index in [1.807, 2.05) is 0 Å². The number of hydrogen-bond donors (Lipinski definition) is 1. The molecule has 0 saturated carbocycles. The minimum absolute atomic E-state index is 0.580. The quantitative estimate of drug-likeness (QED) is 0.838. The highest BCUT2D eigenvalue weighted by molar-refractivity contribution is 7.14. The average molecular weight is 260 g/mol. The van der Waals surface area contributed by atoms with Gasteiger partial charge in [0, 0.05) is 17.5 Å². The summed E-state index contributed by atoms with van der Waals surface area (Å²) in [5, 5.41) is 6.45. The number of benzene rings is 1. The molecule has 3 heteroatoms. The zero-order valence-corrected chi connectivity index (χ0v) is 12.1. The van der Waals surface area contributed by atoms with Crippen molar-refractivity contribution in [3.8, 4) is 11.3 Å². The summed E-state index contributed by atoms with van der Waals surface area (Å²) in [4.78, 5) is 4.60. The van der Waals surface area contributed by atoms with Gasteiger partial charge in [-0.2, -0.15) is 0 Å². The van der Waals surface area contributed by atoms with E-state index in [4.69, 9.17) is 0 Å². The lowest BCUT2D eigenvalue weighted by atomic mass is 10.0. The number of aromatic nitrogens is 1. The van der Waals surface area contributed by atoms with Crippen molar-refractivity contribution in [2.45, 2.75) is 33.1 Å². The average Bonchev–Trinajstić information content (AvgIpc) is 2.85. The first kappa shape index (κ1) is 13.1. The van der Waals surface area contributed by atoms with Crippen molar-refractivity contribution in [1.29, 1.82) is 0 Å². The summed E-state index contributed by atoms with van der Waals surface area (Å²) in [5.41, 5.74) is 3.63. The van der Waals surface area contributed by atoms with E-state index in [1.54, 1.807) is 11.3 Å². The minimum atomic E-state index is 0.580. The summed E-state index contributed by atoms with van der Waals surface area (Å²) in [6.07, 6.45) is 1.12. The van der Waals surface area contributed by atoms with Crippen molar-refractivity contribution in [2.75, 3.05) is 11.9 Å². The van der Waals surface area contributed by atoms with Crippen LogP contribution in [0.3, 0.4) is 0 Å². The Bertz CT molecular complexity index is 485. The van der Waals surface area contributed by atoms with E-state index in [-0.39, 0.29) is 0 Å². The van der Waals surface area contributed by atoms with Gasteiger partial charge in [-0.3, -0.25) is 0 Å². The number of nitrogens with zero attached hydrogens (tertiary/aromatic N) is 1. The number of thiazole rings is 1. The van der Waals surface area contributed by atoms with Crippen molar-refractivity contribution in [2.24, 2.45) is 0 Å². The van der Waals surface area contributed by atoms with Crippen molar-refractivity contribution < 1.29 is 0 Å². The normalized spacial score (nSPS) is 10.9. The van der Waals surface area contributed by atoms with Crippen molar-refractivity contribution in [3.05, 3.63) is 35.2 Å². The Labute approximate surface area is 113 Å². The molecule has 0 radical (unpaired) electrons. The lowest BCUT2D eigenvalue weighted by molar-refractivity contribution is 0.867. The Morgan fingerprint density at radius 3 is 2.56 bits per heavy atom. The van der Waals surface area contributed by atoms with E-state index >= 15 is 0 Å². The summed E-state index contributed by atoms with van der Waals surface area (Å²) in [6.45, 7) is 7.57. The highest BCUT2D eigenvalue weighted by Gasteiger charge is 2.05. The summed E-state index contributed by atoms with van der Waals surface area (Å²) in [5.74, 6) is 0.580. The van der Waals surface area contributed by atoms with E-state index in [0.29, 0.717) is 5.92 Å². The Morgan fingerprint density at radius 1 is 1.22 bits per heavy atom. The van der Waals surface area contributed by atoms with Crippen molar-refractivity contribution >= 4 is 16.5 Å². The van der Waals surface area contributed by atoms with Crippen LogP contribution in [0.25, 0.3) is 11.3 Å². The van der Waals surface area contributed by atoms with Crippen LogP contribution in [0.1, 0.15) is 38.7 Å². The fourth-order valence-corrected chi connectivity index (χ4v) is 2.51. The van der Waals surface area contributed by atoms with Crippen LogP contribution in [0.4, 0.5) is 5.13 Å². The molecule has 0 aliphatic rings. The molecule has 2 nitrogen and oxygen atoms in total. The first-order chi connectivity index (χ1) is 8.70. The molecular formula is C15H20N2S. The van der Waals surface area contributed by atoms with Gasteiger partial charge in [0.25, 0.3) is 0 Å². The van der Waals surface area contributed by atoms with E-state index in [9.17, 15) is 0 Å². The largest absolute Gasteiger partial charge is 0.362 e. The Hall–Kier alpha value is -1.35. The lowest BCUT2D eigenvalue weighted by Crippen LogP contribution is -1.98. The molecule has 0 aliphatic heterocycles. The molecule has 0 aliphatic carbocycles. The molecule has 2 aromatic rings. The molecule has 0 unspecified atom stereocenters. The van der Waals surface area contributed by atoms with Crippen LogP contribution >= 0.6 is 11.3 Å². The molecule has 0 bridgehead atoms. The Morgan fingerprint density at radius 2 is 1.94 bits per heavy atom. The van der Waals surface area contributed by atoms with Crippen molar-refractivity contribution in [3.63, 3.8) is 0 Å². The van der Waals surface area contributed by atoms with Gasteiger partial charge in [-0.1, -0.05) is 45.0 Å². The second-order valence-electron chi connectivity index (χ2n) is 4.74. The van der Waals surface area contributed by atoms with Gasteiger partial charge < -0.3 is 5.32 Å². The number of nitrogens with one attached hydrogen (secondary N) is 1. The summed E-state index contributed by atoms with van der Waals surface area (Å²) < 4.78 is 0. The standard InChI is InChI=1S/C15H20N2S/c1-4-9-16-15-17-14(10-18-15)13-7-5-12(6-8-13)11(2)3/h5-8,10-11H,4,9H2,1-3H3,(H,16,17). The molecule has 0 spiro atoms. The summed E-state index contributed by atoms with van der Waals surface area (Å²) in [7, 11) is 0. The zero-order chi connectivity index (χ0) is 13.0. The van der Waals surface area contributed by atoms with Crippen LogP contribution in [0, 0.1) is 0 Å². The van der Waals surface area contributed by atoms with Gasteiger partial charge in [-0.25, -0.2) is 4.98 Å². The highest BCUT2D eigenvalue weighted by atomic mass is 32.1. The van der Waals surface area contributed by atoms with Crippen LogP contribution in [0.15, 0.2) is 29.6 Å². The van der Waals surface area contributed by atoms with Gasteiger partial charge >= 0.3 is 0 Å². The Kier molecular flexibility index (Phi) is 4.37. The minimum Gasteiger partial charge on any atom is -0.362 e. The maximum absolute atomic E-state index is 4.60. The molecule has 1 heterocycles. The molecule has 18 heavy (non-hydrogen) atoms. The van der Waals surface area contributed by atoms with Gasteiger partial charge in [-0.15, -0.1) is 11.3 Å². The SMILES string of the molecule is CCCNc1nc(-c2ccc(C(C)C)cc2)cs1. The van der Waals surface area contributed by atoms with E-state index in [2.05, 4.69) is 60.7 Å². The third-order valence-corrected chi connectivity index (χ3v) is 3.70. The van der Waals surface area contributed by atoms with Crippen LogP contribution in [0.5, 0.6) is 0 Å². The summed E-state index contributed by atoms with van der Waals surface area (Å²) in [6, 6.07) is 8.71. The topological polar surface area (TPSA) is 24.9 Å². The molecule has 2 rings (SSSR count). The van der Waals surface area contributed by atoms with Gasteiger partial charge in [0.2, 0.25) is 0 Å². The smallest absolute Gasteiger partial charge is 0.183 e. The molecule has 0 atom stereocenters. The van der Waals surface area contributed by atoms with Crippen LogP contribution in [-0.4, -0.2) is 11.5 Å². The van der Waals surface area contributed by atoms with Crippen LogP contribution < -0.4 is 5.32 Å². The van der Waals surface area contributed by atoms with Gasteiger partial charge in [0.05, 0.1) is 5.69 Å². The molecule has 1 aromatic carbocycles. The first-order valence-electron chi connectivity index (χ1n) is 6.50. The molecule has 1 aromatic heterocycles.